The van der Waals surface area contributed by atoms with Gasteiger partial charge in [0.25, 0.3) is 0 Å². The third kappa shape index (κ3) is 7.59. The van der Waals surface area contributed by atoms with Gasteiger partial charge in [-0.2, -0.15) is 0 Å². The first-order chi connectivity index (χ1) is 28.9. The molecule has 298 valence electrons. The van der Waals surface area contributed by atoms with Crippen LogP contribution in [0.25, 0.3) is 11.1 Å². The maximum absolute atomic E-state index is 13.3. The van der Waals surface area contributed by atoms with Gasteiger partial charge in [-0.25, -0.2) is 16.8 Å². The maximum Gasteiger partial charge on any atom is 0.206 e. The summed E-state index contributed by atoms with van der Waals surface area (Å²) >= 11 is 12.1. The molecule has 60 heavy (non-hydrogen) atoms. The van der Waals surface area contributed by atoms with Crippen molar-refractivity contribution < 1.29 is 26.3 Å². The molecule has 1 aliphatic rings. The molecule has 7 aromatic carbocycles. The molecule has 0 unspecified atom stereocenters. The molecule has 0 spiro atoms. The Kier molecular flexibility index (Phi) is 11.2. The number of hydrogen-bond acceptors (Lipinski definition) is 6. The van der Waals surface area contributed by atoms with E-state index in [-0.39, 0.29) is 25.4 Å². The highest BCUT2D eigenvalue weighted by Crippen LogP contribution is 2.56. The summed E-state index contributed by atoms with van der Waals surface area (Å²) in [6.07, 6.45) is 4.50. The highest BCUT2D eigenvalue weighted by atomic mass is 35.5. The van der Waals surface area contributed by atoms with E-state index in [4.69, 9.17) is 32.7 Å². The van der Waals surface area contributed by atoms with Crippen molar-refractivity contribution in [1.29, 1.82) is 0 Å². The molecule has 0 saturated carbocycles. The second kappa shape index (κ2) is 16.5. The molecular formula is C50H36Cl2O6S2. The Balaban J connectivity index is 1.07. The Morgan fingerprint density at radius 1 is 0.550 bits per heavy atom. The normalized spacial score (nSPS) is 13.4. The zero-order chi connectivity index (χ0) is 42.1. The van der Waals surface area contributed by atoms with Crippen LogP contribution in [-0.2, 0) is 25.1 Å². The van der Waals surface area contributed by atoms with E-state index in [9.17, 15) is 16.8 Å². The van der Waals surface area contributed by atoms with Crippen molar-refractivity contribution >= 4 is 42.9 Å². The molecule has 6 nitrogen and oxygen atoms in total. The van der Waals surface area contributed by atoms with E-state index in [0.717, 1.165) is 33.4 Å². The summed E-state index contributed by atoms with van der Waals surface area (Å²) in [4.78, 5) is 0.428. The number of ether oxygens (including phenoxy) is 2. The van der Waals surface area contributed by atoms with Crippen LogP contribution in [0.2, 0.25) is 10.0 Å². The number of hydrogen-bond donors (Lipinski definition) is 0. The molecule has 0 amide bonds. The van der Waals surface area contributed by atoms with Crippen LogP contribution in [0.5, 0.6) is 17.2 Å². The van der Waals surface area contributed by atoms with E-state index in [0.29, 0.717) is 27.3 Å². The zero-order valence-corrected chi connectivity index (χ0v) is 35.3. The molecular weight excluding hydrogens is 832 g/mol. The lowest BCUT2D eigenvalue weighted by Crippen LogP contribution is -2.28. The molecule has 0 atom stereocenters. The first-order valence-corrected chi connectivity index (χ1v) is 22.5. The standard InChI is InChI=1S/C50H36Cl2O6S2/c1-3-42(59(53,54)44-12-8-10-37(51)32-44)29-18-34(2)57-39-23-19-35(20-24-39)50(48-16-6-4-14-46(48)47-15-5-7-17-49(47)50)36-21-25-40(26-22-36)58-41-27-30-43(31-28-41)60(55,56)45-13-9-11-38(52)33-45/h3-33H,2H2,1H3/b29-18-,42-3+. The van der Waals surface area contributed by atoms with Crippen molar-refractivity contribution in [3.8, 4) is 28.4 Å². The van der Waals surface area contributed by atoms with Crippen molar-refractivity contribution in [1.82, 2.24) is 0 Å². The third-order valence-corrected chi connectivity index (χ3v) is 14.5. The minimum Gasteiger partial charge on any atom is -0.458 e. The molecule has 10 heteroatoms. The number of sulfone groups is 2. The van der Waals surface area contributed by atoms with Gasteiger partial charge in [0.2, 0.25) is 19.7 Å². The summed E-state index contributed by atoms with van der Waals surface area (Å²) in [6, 6.07) is 51.2. The molecule has 0 fully saturated rings. The lowest BCUT2D eigenvalue weighted by atomic mass is 9.68. The topological polar surface area (TPSA) is 86.7 Å². The van der Waals surface area contributed by atoms with Crippen LogP contribution in [0.3, 0.4) is 0 Å². The Bertz CT molecular complexity index is 3000. The van der Waals surface area contributed by atoms with E-state index in [1.54, 1.807) is 43.3 Å². The Morgan fingerprint density at radius 2 is 1.03 bits per heavy atom. The second-order valence-corrected chi connectivity index (χ2v) is 18.8. The highest BCUT2D eigenvalue weighted by molar-refractivity contribution is 7.95. The molecule has 0 heterocycles. The summed E-state index contributed by atoms with van der Waals surface area (Å²) in [5.74, 6) is 1.84. The Morgan fingerprint density at radius 3 is 1.57 bits per heavy atom. The van der Waals surface area contributed by atoms with Gasteiger partial charge in [0.1, 0.15) is 23.0 Å². The largest absolute Gasteiger partial charge is 0.458 e. The van der Waals surface area contributed by atoms with Gasteiger partial charge in [-0.1, -0.05) is 121 Å². The van der Waals surface area contributed by atoms with E-state index in [2.05, 4.69) is 43.0 Å². The Labute approximate surface area is 360 Å². The van der Waals surface area contributed by atoms with Gasteiger partial charge in [-0.15, -0.1) is 0 Å². The number of fused-ring (bicyclic) bond motifs is 3. The van der Waals surface area contributed by atoms with Gasteiger partial charge >= 0.3 is 0 Å². The predicted molar refractivity (Wildman–Crippen MR) is 238 cm³/mol. The second-order valence-electron chi connectivity index (χ2n) is 14.0. The fourth-order valence-electron chi connectivity index (χ4n) is 7.63. The first-order valence-electron chi connectivity index (χ1n) is 18.8. The fraction of sp³-hybridized carbons (Fsp3) is 0.0400. The van der Waals surface area contributed by atoms with Crippen molar-refractivity contribution in [3.63, 3.8) is 0 Å². The summed E-state index contributed by atoms with van der Waals surface area (Å²) in [6.45, 7) is 5.67. The van der Waals surface area contributed by atoms with Crippen LogP contribution < -0.4 is 9.47 Å². The molecule has 8 rings (SSSR count). The zero-order valence-electron chi connectivity index (χ0n) is 32.1. The van der Waals surface area contributed by atoms with Gasteiger partial charge < -0.3 is 9.47 Å². The lowest BCUT2D eigenvalue weighted by Gasteiger charge is -2.34. The van der Waals surface area contributed by atoms with Crippen LogP contribution in [0, 0.1) is 0 Å². The fourth-order valence-corrected chi connectivity index (χ4v) is 10.8. The van der Waals surface area contributed by atoms with Gasteiger partial charge in [0, 0.05) is 10.0 Å². The van der Waals surface area contributed by atoms with Crippen molar-refractivity contribution in [2.45, 2.75) is 27.0 Å². The van der Waals surface area contributed by atoms with Crippen LogP contribution in [0.1, 0.15) is 29.2 Å². The van der Waals surface area contributed by atoms with Crippen LogP contribution in [-0.4, -0.2) is 16.8 Å². The van der Waals surface area contributed by atoms with E-state index in [1.165, 1.54) is 54.6 Å². The summed E-state index contributed by atoms with van der Waals surface area (Å²) in [5.41, 5.74) is 5.82. The minimum atomic E-state index is -3.81. The summed E-state index contributed by atoms with van der Waals surface area (Å²) < 4.78 is 65.3. The van der Waals surface area contributed by atoms with Crippen molar-refractivity contribution in [2.75, 3.05) is 0 Å². The van der Waals surface area contributed by atoms with Crippen LogP contribution in [0.15, 0.2) is 220 Å². The van der Waals surface area contributed by atoms with E-state index in [1.807, 2.05) is 60.7 Å². The van der Waals surface area contributed by atoms with E-state index >= 15 is 0 Å². The average Bonchev–Trinajstić information content (AvgIpc) is 3.55. The summed E-state index contributed by atoms with van der Waals surface area (Å²) in [7, 11) is -7.57. The maximum atomic E-state index is 13.3. The van der Waals surface area contributed by atoms with Crippen LogP contribution >= 0.6 is 23.2 Å². The molecule has 0 saturated heterocycles. The third-order valence-electron chi connectivity index (χ3n) is 10.4. The molecule has 0 radical (unpaired) electrons. The molecule has 0 aliphatic heterocycles. The van der Waals surface area contributed by atoms with Gasteiger partial charge in [-0.3, -0.25) is 0 Å². The molecule has 0 bridgehead atoms. The van der Waals surface area contributed by atoms with E-state index < -0.39 is 25.1 Å². The minimum absolute atomic E-state index is 0.0834. The average molecular weight is 868 g/mol. The van der Waals surface area contributed by atoms with Crippen molar-refractivity contribution in [2.24, 2.45) is 0 Å². The number of halogens is 2. The number of rotatable bonds is 12. The quantitative estimate of drug-likeness (QED) is 0.0898. The smallest absolute Gasteiger partial charge is 0.206 e. The Hall–Kier alpha value is -6.16. The molecule has 1 aliphatic carbocycles. The highest BCUT2D eigenvalue weighted by Gasteiger charge is 2.45. The molecule has 0 N–H and O–H groups in total. The van der Waals surface area contributed by atoms with Gasteiger partial charge in [0.15, 0.2) is 0 Å². The SMILES string of the molecule is C=C(/C=C\C(=C/C)S(=O)(=O)c1cccc(Cl)c1)Oc1ccc(C2(c3ccc(Oc4ccc(S(=O)(=O)c5cccc(Cl)c5)cc4)cc3)c3ccccc3-c3ccccc32)cc1. The molecule has 7 aromatic rings. The lowest BCUT2D eigenvalue weighted by molar-refractivity contribution is 0.446. The predicted octanol–water partition coefficient (Wildman–Crippen LogP) is 12.8. The van der Waals surface area contributed by atoms with Crippen molar-refractivity contribution in [3.05, 3.63) is 238 Å². The van der Waals surface area contributed by atoms with Gasteiger partial charge in [0.05, 0.1) is 25.0 Å². The number of benzene rings is 7. The van der Waals surface area contributed by atoms with Gasteiger partial charge in [-0.05, 0) is 137 Å². The monoisotopic (exact) mass is 866 g/mol. The van der Waals surface area contributed by atoms with Crippen LogP contribution in [0.4, 0.5) is 0 Å². The number of allylic oxidation sites excluding steroid dienone is 3. The first kappa shape index (κ1) is 40.6. The molecule has 0 aromatic heterocycles. The summed E-state index contributed by atoms with van der Waals surface area (Å²) in [5, 5.41) is 0.672.